The lowest BCUT2D eigenvalue weighted by molar-refractivity contribution is -0.115. The maximum Gasteiger partial charge on any atom is 0.261 e. The molecule has 8 heteroatoms. The zero-order valence-corrected chi connectivity index (χ0v) is 15.6. The number of nitrogens with one attached hydrogen (secondary N) is 3. The molecule has 2 aromatic rings. The fourth-order valence-electron chi connectivity index (χ4n) is 2.67. The van der Waals surface area contributed by atoms with Gasteiger partial charge in [-0.15, -0.1) is 0 Å². The Morgan fingerprint density at radius 2 is 1.77 bits per heavy atom. The summed E-state index contributed by atoms with van der Waals surface area (Å²) in [5, 5.41) is 5.96. The van der Waals surface area contributed by atoms with Gasteiger partial charge >= 0.3 is 0 Å². The highest BCUT2D eigenvalue weighted by Gasteiger charge is 2.21. The van der Waals surface area contributed by atoms with E-state index in [0.717, 1.165) is 18.8 Å². The molecule has 26 heavy (non-hydrogen) atoms. The zero-order valence-electron chi connectivity index (χ0n) is 14.7. The first-order valence-electron chi connectivity index (χ1n) is 8.28. The average Bonchev–Trinajstić information content (AvgIpc) is 2.95. The third-order valence-corrected chi connectivity index (χ3v) is 5.42. The lowest BCUT2D eigenvalue weighted by Crippen LogP contribution is -2.20. The number of benzene rings is 2. The smallest absolute Gasteiger partial charge is 0.261 e. The van der Waals surface area contributed by atoms with Gasteiger partial charge in [0.25, 0.3) is 10.0 Å². The summed E-state index contributed by atoms with van der Waals surface area (Å²) in [6.45, 7) is 1.71. The Labute approximate surface area is 153 Å². The Balaban J connectivity index is 1.68. The van der Waals surface area contributed by atoms with Gasteiger partial charge in [0.15, 0.2) is 0 Å². The molecule has 2 aromatic carbocycles. The Kier molecular flexibility index (Phi) is 5.15. The number of hydrogen-bond donors (Lipinski definition) is 3. The van der Waals surface area contributed by atoms with Gasteiger partial charge in [-0.2, -0.15) is 0 Å². The van der Waals surface area contributed by atoms with E-state index in [9.17, 15) is 13.2 Å². The van der Waals surface area contributed by atoms with Crippen molar-refractivity contribution in [2.75, 3.05) is 42.5 Å². The molecule has 0 unspecified atom stereocenters. The van der Waals surface area contributed by atoms with Crippen LogP contribution in [0.25, 0.3) is 0 Å². The number of likely N-dealkylation sites (N-methyl/N-ethyl adjacent to an activating group) is 1. The van der Waals surface area contributed by atoms with Gasteiger partial charge in [0.2, 0.25) is 5.91 Å². The number of carbonyl (C=O) groups is 1. The molecule has 138 valence electrons. The largest absolute Gasteiger partial charge is 0.384 e. The number of nitrogens with zero attached hydrogens (tertiary/aromatic N) is 1. The van der Waals surface area contributed by atoms with Crippen LogP contribution in [0, 0.1) is 0 Å². The van der Waals surface area contributed by atoms with E-state index in [1.165, 1.54) is 12.1 Å². The first-order valence-corrected chi connectivity index (χ1v) is 9.76. The minimum absolute atomic E-state index is 0.125. The summed E-state index contributed by atoms with van der Waals surface area (Å²) in [5.41, 5.74) is 2.77. The zero-order chi connectivity index (χ0) is 18.7. The van der Waals surface area contributed by atoms with Crippen LogP contribution in [-0.2, 0) is 21.2 Å². The van der Waals surface area contributed by atoms with Crippen LogP contribution in [-0.4, -0.2) is 46.4 Å². The van der Waals surface area contributed by atoms with Gasteiger partial charge in [0.1, 0.15) is 0 Å². The molecule has 1 heterocycles. The summed E-state index contributed by atoms with van der Waals surface area (Å²) in [5.74, 6) is -0.125. The van der Waals surface area contributed by atoms with Crippen molar-refractivity contribution in [2.45, 2.75) is 11.3 Å². The standard InChI is InChI=1S/C18H22N4O3S/c1-22(2)10-9-19-14-3-5-15(6-4-14)21-26(24,25)16-7-8-17-13(11-16)12-18(23)20-17/h3-8,11,19,21H,9-10,12H2,1-2H3,(H,20,23). The van der Waals surface area contributed by atoms with E-state index in [2.05, 4.69) is 20.3 Å². The Morgan fingerprint density at radius 3 is 2.46 bits per heavy atom. The summed E-state index contributed by atoms with van der Waals surface area (Å²) < 4.78 is 27.7. The molecule has 0 radical (unpaired) electrons. The van der Waals surface area contributed by atoms with E-state index in [1.54, 1.807) is 18.2 Å². The summed E-state index contributed by atoms with van der Waals surface area (Å²) >= 11 is 0. The molecule has 0 saturated carbocycles. The molecule has 0 bridgehead atoms. The van der Waals surface area contributed by atoms with Crippen molar-refractivity contribution in [2.24, 2.45) is 0 Å². The number of amides is 1. The van der Waals surface area contributed by atoms with E-state index in [1.807, 2.05) is 26.2 Å². The second-order valence-corrected chi connectivity index (χ2v) is 8.14. The van der Waals surface area contributed by atoms with Crippen molar-refractivity contribution in [1.29, 1.82) is 0 Å². The molecule has 1 aliphatic heterocycles. The summed E-state index contributed by atoms with van der Waals surface area (Å²) in [6, 6.07) is 11.7. The molecule has 0 aromatic heterocycles. The fourth-order valence-corrected chi connectivity index (χ4v) is 3.78. The van der Waals surface area contributed by atoms with Gasteiger partial charge in [-0.1, -0.05) is 0 Å². The van der Waals surface area contributed by atoms with Crippen LogP contribution in [0.15, 0.2) is 47.4 Å². The van der Waals surface area contributed by atoms with Crippen LogP contribution in [0.1, 0.15) is 5.56 Å². The second-order valence-electron chi connectivity index (χ2n) is 6.46. The molecule has 3 N–H and O–H groups in total. The second kappa shape index (κ2) is 7.35. The highest BCUT2D eigenvalue weighted by atomic mass is 32.2. The molecule has 0 aliphatic carbocycles. The van der Waals surface area contributed by atoms with E-state index in [0.29, 0.717) is 16.9 Å². The summed E-state index contributed by atoms with van der Waals surface area (Å²) in [4.78, 5) is 13.6. The minimum atomic E-state index is -3.71. The van der Waals surface area contributed by atoms with E-state index in [4.69, 9.17) is 0 Å². The monoisotopic (exact) mass is 374 g/mol. The van der Waals surface area contributed by atoms with Gasteiger partial charge in [0.05, 0.1) is 11.3 Å². The highest BCUT2D eigenvalue weighted by Crippen LogP contribution is 2.27. The van der Waals surface area contributed by atoms with Crippen LogP contribution in [0.3, 0.4) is 0 Å². The maximum atomic E-state index is 12.6. The van der Waals surface area contributed by atoms with Crippen molar-refractivity contribution < 1.29 is 13.2 Å². The number of fused-ring (bicyclic) bond motifs is 1. The van der Waals surface area contributed by atoms with Crippen molar-refractivity contribution in [3.05, 3.63) is 48.0 Å². The Bertz CT molecular complexity index is 909. The number of hydrogen-bond acceptors (Lipinski definition) is 5. The quantitative estimate of drug-likeness (QED) is 0.689. The van der Waals surface area contributed by atoms with Gasteiger partial charge in [-0.3, -0.25) is 9.52 Å². The molecule has 0 atom stereocenters. The topological polar surface area (TPSA) is 90.5 Å². The fraction of sp³-hybridized carbons (Fsp3) is 0.278. The molecule has 1 aliphatic rings. The van der Waals surface area contributed by atoms with E-state index in [-0.39, 0.29) is 17.2 Å². The lowest BCUT2D eigenvalue weighted by atomic mass is 10.2. The Hall–Kier alpha value is -2.58. The molecule has 0 spiro atoms. The van der Waals surface area contributed by atoms with Crippen LogP contribution in [0.2, 0.25) is 0 Å². The van der Waals surface area contributed by atoms with Gasteiger partial charge in [-0.05, 0) is 62.1 Å². The summed E-state index contributed by atoms with van der Waals surface area (Å²) in [7, 11) is 0.299. The van der Waals surface area contributed by atoms with E-state index >= 15 is 0 Å². The Morgan fingerprint density at radius 1 is 1.08 bits per heavy atom. The molecular weight excluding hydrogens is 352 g/mol. The van der Waals surface area contributed by atoms with Gasteiger partial charge in [-0.25, -0.2) is 8.42 Å². The molecular formula is C18H22N4O3S. The normalized spacial score (nSPS) is 13.4. The van der Waals surface area contributed by atoms with Gasteiger partial charge in [0, 0.05) is 30.2 Å². The maximum absolute atomic E-state index is 12.6. The molecule has 7 nitrogen and oxygen atoms in total. The first kappa shape index (κ1) is 18.2. The predicted molar refractivity (Wildman–Crippen MR) is 103 cm³/mol. The third kappa shape index (κ3) is 4.33. The number of anilines is 3. The third-order valence-electron chi connectivity index (χ3n) is 4.04. The SMILES string of the molecule is CN(C)CCNc1ccc(NS(=O)(=O)c2ccc3c(c2)CC(=O)N3)cc1. The number of sulfonamides is 1. The predicted octanol–water partition coefficient (Wildman–Crippen LogP) is 1.96. The van der Waals surface area contributed by atoms with Crippen molar-refractivity contribution >= 4 is 33.0 Å². The van der Waals surface area contributed by atoms with Crippen LogP contribution >= 0.6 is 0 Å². The van der Waals surface area contributed by atoms with Crippen molar-refractivity contribution in [1.82, 2.24) is 4.90 Å². The van der Waals surface area contributed by atoms with Crippen LogP contribution in [0.5, 0.6) is 0 Å². The molecule has 0 saturated heterocycles. The first-order chi connectivity index (χ1) is 12.3. The lowest BCUT2D eigenvalue weighted by Gasteiger charge is -2.12. The van der Waals surface area contributed by atoms with Gasteiger partial charge < -0.3 is 15.5 Å². The minimum Gasteiger partial charge on any atom is -0.384 e. The van der Waals surface area contributed by atoms with Crippen LogP contribution in [0.4, 0.5) is 17.1 Å². The average molecular weight is 374 g/mol. The van der Waals surface area contributed by atoms with Crippen molar-refractivity contribution in [3.63, 3.8) is 0 Å². The molecule has 3 rings (SSSR count). The summed E-state index contributed by atoms with van der Waals surface area (Å²) in [6.07, 6.45) is 0.200. The van der Waals surface area contributed by atoms with E-state index < -0.39 is 10.0 Å². The number of carbonyl (C=O) groups excluding carboxylic acids is 1. The number of rotatable bonds is 7. The van der Waals surface area contributed by atoms with Crippen molar-refractivity contribution in [3.8, 4) is 0 Å². The highest BCUT2D eigenvalue weighted by molar-refractivity contribution is 7.92. The molecule has 0 fully saturated rings. The molecule has 1 amide bonds. The van der Waals surface area contributed by atoms with Crippen LogP contribution < -0.4 is 15.4 Å².